The Hall–Kier alpha value is -2.47. The molecule has 2 bridgehead atoms. The summed E-state index contributed by atoms with van der Waals surface area (Å²) in [5.41, 5.74) is -0.756. The number of rotatable bonds is 1. The van der Waals surface area contributed by atoms with Gasteiger partial charge in [0.05, 0.1) is 11.4 Å². The lowest BCUT2D eigenvalue weighted by atomic mass is 9.68. The van der Waals surface area contributed by atoms with Gasteiger partial charge in [-0.25, -0.2) is 9.97 Å². The Morgan fingerprint density at radius 1 is 1.30 bits per heavy atom. The highest BCUT2D eigenvalue weighted by Crippen LogP contribution is 2.66. The Kier molecular flexibility index (Phi) is 2.23. The maximum Gasteiger partial charge on any atom is 0.316 e. The number of aromatic nitrogens is 2. The van der Waals surface area contributed by atoms with Crippen molar-refractivity contribution in [3.63, 3.8) is 0 Å². The average molecular weight is 268 g/mol. The van der Waals surface area contributed by atoms with Crippen LogP contribution in [0.2, 0.25) is 0 Å². The molecule has 0 aliphatic heterocycles. The number of hydrogen-bond acceptors (Lipinski definition) is 5. The first kappa shape index (κ1) is 12.6. The number of hydrogen-bond donors (Lipinski definition) is 1. The van der Waals surface area contributed by atoms with E-state index >= 15 is 0 Å². The third kappa shape index (κ3) is 1.10. The van der Waals surface area contributed by atoms with Crippen molar-refractivity contribution in [3.8, 4) is 12.1 Å². The van der Waals surface area contributed by atoms with E-state index in [0.29, 0.717) is 17.8 Å². The maximum absolute atomic E-state index is 11.9. The Morgan fingerprint density at radius 2 is 1.90 bits per heavy atom. The van der Waals surface area contributed by atoms with E-state index in [1.54, 1.807) is 0 Å². The average Bonchev–Trinajstić information content (AvgIpc) is 2.80. The van der Waals surface area contributed by atoms with Crippen LogP contribution in [0.3, 0.4) is 0 Å². The van der Waals surface area contributed by atoms with Gasteiger partial charge in [0.15, 0.2) is 11.4 Å². The Balaban J connectivity index is 2.37. The van der Waals surface area contributed by atoms with Crippen LogP contribution in [0.4, 0.5) is 0 Å². The fraction of sp³-hybridized carbons (Fsp3) is 0.500. The van der Waals surface area contributed by atoms with Crippen molar-refractivity contribution in [3.05, 3.63) is 22.8 Å². The smallest absolute Gasteiger partial charge is 0.316 e. The Morgan fingerprint density at radius 3 is 2.45 bits per heavy atom. The van der Waals surface area contributed by atoms with Crippen LogP contribution in [0, 0.1) is 28.1 Å². The van der Waals surface area contributed by atoms with E-state index < -0.39 is 16.8 Å². The molecule has 0 spiro atoms. The van der Waals surface area contributed by atoms with Gasteiger partial charge in [-0.1, -0.05) is 13.8 Å². The molecule has 20 heavy (non-hydrogen) atoms. The van der Waals surface area contributed by atoms with Crippen LogP contribution in [0.25, 0.3) is 0 Å². The maximum atomic E-state index is 11.9. The van der Waals surface area contributed by atoms with E-state index in [9.17, 15) is 9.90 Å². The van der Waals surface area contributed by atoms with Crippen LogP contribution >= 0.6 is 0 Å². The molecule has 0 aromatic carbocycles. The molecule has 1 aromatic rings. The molecule has 1 aromatic heterocycles. The molecule has 6 nitrogen and oxygen atoms in total. The second-order valence-corrected chi connectivity index (χ2v) is 5.90. The zero-order chi connectivity index (χ0) is 14.7. The van der Waals surface area contributed by atoms with E-state index in [2.05, 4.69) is 9.97 Å². The molecule has 3 rings (SSSR count). The Bertz CT molecular complexity index is 726. The lowest BCUT2D eigenvalue weighted by Gasteiger charge is -2.33. The molecule has 1 N–H and O–H groups in total. The minimum atomic E-state index is -1.10. The van der Waals surface area contributed by atoms with E-state index in [0.717, 1.165) is 6.42 Å². The summed E-state index contributed by atoms with van der Waals surface area (Å²) in [6, 6.07) is 3.69. The fourth-order valence-electron chi connectivity index (χ4n) is 3.89. The van der Waals surface area contributed by atoms with Crippen LogP contribution in [0.5, 0.6) is 0 Å². The predicted octanol–water partition coefficient (Wildman–Crippen LogP) is 1.46. The van der Waals surface area contributed by atoms with E-state index in [1.807, 2.05) is 26.0 Å². The van der Waals surface area contributed by atoms with Gasteiger partial charge in [0.1, 0.15) is 17.6 Å². The fourth-order valence-corrected chi connectivity index (χ4v) is 3.89. The number of nitrogens with zero attached hydrogens (tertiary/aromatic N) is 4. The summed E-state index contributed by atoms with van der Waals surface area (Å²) >= 11 is 0. The van der Waals surface area contributed by atoms with Crippen LogP contribution in [-0.2, 0) is 10.2 Å². The van der Waals surface area contributed by atoms with Gasteiger partial charge in [-0.05, 0) is 18.3 Å². The molecule has 0 saturated heterocycles. The van der Waals surface area contributed by atoms with Crippen LogP contribution in [-0.4, -0.2) is 21.0 Å². The van der Waals surface area contributed by atoms with E-state index in [4.69, 9.17) is 10.5 Å². The summed E-state index contributed by atoms with van der Waals surface area (Å²) in [5, 5.41) is 27.8. The second-order valence-electron chi connectivity index (χ2n) is 5.90. The summed E-state index contributed by atoms with van der Waals surface area (Å²) in [6.07, 6.45) is 1.22. The van der Waals surface area contributed by atoms with Crippen molar-refractivity contribution in [1.29, 1.82) is 10.5 Å². The van der Waals surface area contributed by atoms with Gasteiger partial charge in [-0.2, -0.15) is 10.5 Å². The highest BCUT2D eigenvalue weighted by Gasteiger charge is 2.68. The SMILES string of the molecule is CC1(C)[C@@H]2CC[C@]1(C(=O)O)c1nc(C#N)c(C#N)nc12. The zero-order valence-electron chi connectivity index (χ0n) is 11.1. The molecule has 1 fully saturated rings. The number of fused-ring (bicyclic) bond motifs is 5. The lowest BCUT2D eigenvalue weighted by molar-refractivity contribution is -0.147. The first-order valence-electron chi connectivity index (χ1n) is 6.36. The molecule has 100 valence electrons. The van der Waals surface area contributed by atoms with E-state index in [-0.39, 0.29) is 17.3 Å². The van der Waals surface area contributed by atoms with Crippen molar-refractivity contribution in [1.82, 2.24) is 9.97 Å². The quantitative estimate of drug-likeness (QED) is 0.825. The number of nitriles is 2. The van der Waals surface area contributed by atoms with Gasteiger partial charge in [-0.15, -0.1) is 0 Å². The van der Waals surface area contributed by atoms with Crippen molar-refractivity contribution < 1.29 is 9.90 Å². The highest BCUT2D eigenvalue weighted by molar-refractivity contribution is 5.85. The molecule has 2 atom stereocenters. The molecule has 6 heteroatoms. The number of carbonyl (C=O) groups is 1. The molecule has 1 saturated carbocycles. The number of carboxylic acids is 1. The molecule has 0 amide bonds. The third-order valence-corrected chi connectivity index (χ3v) is 5.01. The summed E-state index contributed by atoms with van der Waals surface area (Å²) in [5.74, 6) is -0.951. The molecule has 0 radical (unpaired) electrons. The first-order chi connectivity index (χ1) is 9.40. The van der Waals surface area contributed by atoms with Crippen LogP contribution < -0.4 is 0 Å². The van der Waals surface area contributed by atoms with Gasteiger partial charge >= 0.3 is 5.97 Å². The number of aliphatic carboxylic acids is 1. The van der Waals surface area contributed by atoms with E-state index in [1.165, 1.54) is 0 Å². The zero-order valence-corrected chi connectivity index (χ0v) is 11.1. The summed E-state index contributed by atoms with van der Waals surface area (Å²) in [7, 11) is 0. The van der Waals surface area contributed by atoms with Gasteiger partial charge in [0, 0.05) is 5.92 Å². The van der Waals surface area contributed by atoms with Gasteiger partial charge in [-0.3, -0.25) is 4.79 Å². The second kappa shape index (κ2) is 3.55. The molecular weight excluding hydrogens is 256 g/mol. The van der Waals surface area contributed by atoms with Crippen molar-refractivity contribution in [2.24, 2.45) is 5.41 Å². The minimum Gasteiger partial charge on any atom is -0.481 e. The third-order valence-electron chi connectivity index (χ3n) is 5.01. The van der Waals surface area contributed by atoms with Crippen molar-refractivity contribution in [2.75, 3.05) is 0 Å². The van der Waals surface area contributed by atoms with Crippen molar-refractivity contribution >= 4 is 5.97 Å². The summed E-state index contributed by atoms with van der Waals surface area (Å²) < 4.78 is 0. The van der Waals surface area contributed by atoms with Gasteiger partial charge in [0.2, 0.25) is 0 Å². The lowest BCUT2D eigenvalue weighted by Crippen LogP contribution is -2.43. The van der Waals surface area contributed by atoms with Crippen LogP contribution in [0.1, 0.15) is 55.4 Å². The molecule has 2 aliphatic rings. The normalized spacial score (nSPS) is 28.5. The molecular formula is C14H12N4O2. The monoisotopic (exact) mass is 268 g/mol. The summed E-state index contributed by atoms with van der Waals surface area (Å²) in [4.78, 5) is 20.3. The molecule has 0 unspecified atom stereocenters. The minimum absolute atomic E-state index is 0.0184. The first-order valence-corrected chi connectivity index (χ1v) is 6.36. The largest absolute Gasteiger partial charge is 0.481 e. The van der Waals surface area contributed by atoms with Gasteiger partial charge < -0.3 is 5.11 Å². The molecule has 2 aliphatic carbocycles. The summed E-state index contributed by atoms with van der Waals surface area (Å²) in [6.45, 7) is 3.81. The van der Waals surface area contributed by atoms with Crippen LogP contribution in [0.15, 0.2) is 0 Å². The highest BCUT2D eigenvalue weighted by atomic mass is 16.4. The Labute approximate surface area is 115 Å². The van der Waals surface area contributed by atoms with Crippen molar-refractivity contribution in [2.45, 2.75) is 38.0 Å². The topological polar surface area (TPSA) is 111 Å². The standard InChI is InChI=1S/C14H12N4O2/c1-13(2)7-3-4-14(13,12(19)20)11-10(7)17-8(5-15)9(6-16)18-11/h7H,3-4H2,1-2H3,(H,19,20)/t7-,14-/m1/s1. The number of carboxylic acid groups (broad SMARTS) is 1. The molecule has 1 heterocycles. The van der Waals surface area contributed by atoms with Gasteiger partial charge in [0.25, 0.3) is 0 Å². The predicted molar refractivity (Wildman–Crippen MR) is 66.5 cm³/mol.